The van der Waals surface area contributed by atoms with Crippen LogP contribution in [0.3, 0.4) is 0 Å². The minimum atomic E-state index is 0.469. The first-order valence-electron chi connectivity index (χ1n) is 14.3. The summed E-state index contributed by atoms with van der Waals surface area (Å²) in [7, 11) is 0. The van der Waals surface area contributed by atoms with E-state index in [1.807, 2.05) is 67.5 Å². The highest BCUT2D eigenvalue weighted by molar-refractivity contribution is 8.00. The fourth-order valence-electron chi connectivity index (χ4n) is 3.70. The molecule has 0 aromatic heterocycles. The molecule has 0 unspecified atom stereocenters. The minimum Gasteiger partial charge on any atom is -0.493 e. The average Bonchev–Trinajstić information content (AvgIpc) is 2.96. The molecule has 2 aromatic carbocycles. The molecule has 0 atom stereocenters. The van der Waals surface area contributed by atoms with Gasteiger partial charge < -0.3 is 37.9 Å². The second-order valence-corrected chi connectivity index (χ2v) is 10.9. The summed E-state index contributed by atoms with van der Waals surface area (Å²) < 4.78 is 48.4. The van der Waals surface area contributed by atoms with Crippen LogP contribution in [0.5, 0.6) is 34.5 Å². The Kier molecular flexibility index (Phi) is 17.4. The molecule has 0 saturated carbocycles. The number of rotatable bonds is 22. The van der Waals surface area contributed by atoms with Crippen molar-refractivity contribution in [3.8, 4) is 34.5 Å². The molecule has 232 valence electrons. The quantitative estimate of drug-likeness (QED) is 0.0715. The predicted octanol–water partition coefficient (Wildman–Crippen LogP) is 8.40. The van der Waals surface area contributed by atoms with Crippen molar-refractivity contribution in [2.45, 2.75) is 75.0 Å². The molecule has 0 saturated heterocycles. The van der Waals surface area contributed by atoms with Crippen LogP contribution >= 0.6 is 35.3 Å². The van der Waals surface area contributed by atoms with Crippen molar-refractivity contribution in [2.24, 2.45) is 0 Å². The van der Waals surface area contributed by atoms with Crippen molar-refractivity contribution in [1.82, 2.24) is 0 Å². The summed E-state index contributed by atoms with van der Waals surface area (Å²) in [6.45, 7) is 19.9. The normalized spacial score (nSPS) is 10.9. The Bertz CT molecular complexity index is 970. The van der Waals surface area contributed by atoms with Crippen LogP contribution in [0.25, 0.3) is 0 Å². The fourth-order valence-corrected chi connectivity index (χ4v) is 6.58. The third-order valence-electron chi connectivity index (χ3n) is 5.20. The van der Waals surface area contributed by atoms with Gasteiger partial charge in [-0.15, -0.1) is 0 Å². The molecule has 0 heterocycles. The van der Waals surface area contributed by atoms with Gasteiger partial charge in [-0.05, 0) is 67.5 Å². The van der Waals surface area contributed by atoms with E-state index in [0.29, 0.717) is 99.2 Å². The molecule has 8 nitrogen and oxygen atoms in total. The standard InChI is InChI=1S/C30H46O8S3/c1-9-31-19-39-29-21(33-11-3)17-23(25(35-13-5)27(29)37-15-7)41-24-18-22(34-12-4)30(40-20-32-10-2)28(38-16-8)26(24)36-14-6/h17-18H,9-16,19-20H2,1-8H3. The van der Waals surface area contributed by atoms with E-state index in [1.165, 1.54) is 35.3 Å². The summed E-state index contributed by atoms with van der Waals surface area (Å²) in [5.74, 6) is 4.95. The Balaban J connectivity index is 2.80. The van der Waals surface area contributed by atoms with Crippen LogP contribution in [-0.2, 0) is 9.47 Å². The van der Waals surface area contributed by atoms with Crippen LogP contribution in [0.4, 0.5) is 0 Å². The molecule has 2 aromatic rings. The molecule has 0 fully saturated rings. The summed E-state index contributed by atoms with van der Waals surface area (Å²) in [6.07, 6.45) is 0. The maximum Gasteiger partial charge on any atom is 0.179 e. The van der Waals surface area contributed by atoms with Crippen LogP contribution in [0.1, 0.15) is 55.4 Å². The van der Waals surface area contributed by atoms with E-state index in [-0.39, 0.29) is 0 Å². The molecule has 11 heteroatoms. The molecule has 0 aliphatic rings. The Hall–Kier alpha value is -1.79. The monoisotopic (exact) mass is 630 g/mol. The maximum absolute atomic E-state index is 6.24. The minimum absolute atomic E-state index is 0.469. The molecule has 0 radical (unpaired) electrons. The van der Waals surface area contributed by atoms with Crippen LogP contribution < -0.4 is 28.4 Å². The summed E-state index contributed by atoms with van der Waals surface area (Å²) in [5, 5.41) is 0. The van der Waals surface area contributed by atoms with Crippen LogP contribution in [0.2, 0.25) is 0 Å². The summed E-state index contributed by atoms with van der Waals surface area (Å²) in [4.78, 5) is 3.38. The van der Waals surface area contributed by atoms with Gasteiger partial charge in [-0.3, -0.25) is 0 Å². The van der Waals surface area contributed by atoms with E-state index >= 15 is 0 Å². The smallest absolute Gasteiger partial charge is 0.179 e. The SMILES string of the molecule is CCOCSc1c(OCC)cc(Sc2cc(OCC)c(SCOCC)c(OCC)c2OCC)c(OCC)c1OCC. The number of benzene rings is 2. The van der Waals surface area contributed by atoms with Gasteiger partial charge in [0.2, 0.25) is 0 Å². The van der Waals surface area contributed by atoms with Gasteiger partial charge in [0.1, 0.15) is 11.5 Å². The van der Waals surface area contributed by atoms with Gasteiger partial charge in [0.05, 0.1) is 71.1 Å². The molecule has 0 amide bonds. The lowest BCUT2D eigenvalue weighted by Gasteiger charge is -2.23. The molecular weight excluding hydrogens is 585 g/mol. The van der Waals surface area contributed by atoms with Crippen LogP contribution in [0, 0.1) is 0 Å². The fraction of sp³-hybridized carbons (Fsp3) is 0.600. The number of thioether (sulfide) groups is 2. The van der Waals surface area contributed by atoms with Crippen molar-refractivity contribution in [3.05, 3.63) is 12.1 Å². The van der Waals surface area contributed by atoms with E-state index in [9.17, 15) is 0 Å². The summed E-state index contributed by atoms with van der Waals surface area (Å²) in [5.41, 5.74) is 0. The Morgan fingerprint density at radius 3 is 1.10 bits per heavy atom. The van der Waals surface area contributed by atoms with Crippen molar-refractivity contribution in [1.29, 1.82) is 0 Å². The molecule has 0 bridgehead atoms. The van der Waals surface area contributed by atoms with E-state index in [2.05, 4.69) is 0 Å². The van der Waals surface area contributed by atoms with Gasteiger partial charge >= 0.3 is 0 Å². The van der Waals surface area contributed by atoms with E-state index in [1.54, 1.807) is 0 Å². The number of hydrogen-bond donors (Lipinski definition) is 0. The maximum atomic E-state index is 6.24. The first-order valence-corrected chi connectivity index (χ1v) is 17.1. The highest BCUT2D eigenvalue weighted by Gasteiger charge is 2.27. The lowest BCUT2D eigenvalue weighted by Crippen LogP contribution is -2.06. The van der Waals surface area contributed by atoms with Crippen molar-refractivity contribution >= 4 is 35.3 Å². The van der Waals surface area contributed by atoms with Crippen LogP contribution in [-0.4, -0.2) is 64.7 Å². The van der Waals surface area contributed by atoms with E-state index in [4.69, 9.17) is 37.9 Å². The van der Waals surface area contributed by atoms with E-state index < -0.39 is 0 Å². The molecular formula is C30H46O8S3. The Morgan fingerprint density at radius 1 is 0.439 bits per heavy atom. The lowest BCUT2D eigenvalue weighted by atomic mass is 10.3. The molecule has 0 spiro atoms. The Labute approximate surface area is 258 Å². The molecule has 2 rings (SSSR count). The van der Waals surface area contributed by atoms with Gasteiger partial charge in [-0.25, -0.2) is 0 Å². The van der Waals surface area contributed by atoms with Gasteiger partial charge in [-0.2, -0.15) is 0 Å². The highest BCUT2D eigenvalue weighted by atomic mass is 32.2. The molecule has 0 N–H and O–H groups in total. The van der Waals surface area contributed by atoms with E-state index in [0.717, 1.165) is 19.6 Å². The van der Waals surface area contributed by atoms with Gasteiger partial charge in [0.25, 0.3) is 0 Å². The first kappa shape index (κ1) is 35.4. The van der Waals surface area contributed by atoms with Crippen molar-refractivity contribution in [3.63, 3.8) is 0 Å². The zero-order chi connectivity index (χ0) is 30.0. The lowest BCUT2D eigenvalue weighted by molar-refractivity contribution is 0.198. The predicted molar refractivity (Wildman–Crippen MR) is 169 cm³/mol. The second kappa shape index (κ2) is 20.2. The van der Waals surface area contributed by atoms with Gasteiger partial charge in [0, 0.05) is 13.2 Å². The highest BCUT2D eigenvalue weighted by Crippen LogP contribution is 2.55. The summed E-state index contributed by atoms with van der Waals surface area (Å²) >= 11 is 4.57. The van der Waals surface area contributed by atoms with Gasteiger partial charge in [0.15, 0.2) is 23.0 Å². The largest absolute Gasteiger partial charge is 0.493 e. The molecule has 0 aliphatic heterocycles. The zero-order valence-corrected chi connectivity index (χ0v) is 28.2. The topological polar surface area (TPSA) is 73.8 Å². The van der Waals surface area contributed by atoms with Crippen molar-refractivity contribution < 1.29 is 37.9 Å². The van der Waals surface area contributed by atoms with Crippen molar-refractivity contribution in [2.75, 3.05) is 64.7 Å². The van der Waals surface area contributed by atoms with Crippen LogP contribution in [0.15, 0.2) is 31.7 Å². The molecule has 41 heavy (non-hydrogen) atoms. The second-order valence-electron chi connectivity index (χ2n) is 7.93. The first-order chi connectivity index (χ1) is 20.0. The molecule has 0 aliphatic carbocycles. The third-order valence-corrected chi connectivity index (χ3v) is 8.17. The third kappa shape index (κ3) is 10.2. The summed E-state index contributed by atoms with van der Waals surface area (Å²) in [6, 6.07) is 4.01. The zero-order valence-electron chi connectivity index (χ0n) is 25.7. The average molecular weight is 631 g/mol. The van der Waals surface area contributed by atoms with Gasteiger partial charge in [-0.1, -0.05) is 35.3 Å². The number of hydrogen-bond acceptors (Lipinski definition) is 11. The Morgan fingerprint density at radius 2 is 0.780 bits per heavy atom. The number of ether oxygens (including phenoxy) is 8.